The Morgan fingerprint density at radius 1 is 1.35 bits per heavy atom. The number of carbonyl (C=O) groups is 2. The Bertz CT molecular complexity index is 523. The molecule has 1 aliphatic heterocycles. The van der Waals surface area contributed by atoms with Crippen molar-refractivity contribution in [1.82, 2.24) is 15.3 Å². The van der Waals surface area contributed by atoms with Crippen LogP contribution in [0.4, 0.5) is 9.59 Å². The second kappa shape index (κ2) is 8.38. The molecule has 1 aromatic carbocycles. The summed E-state index contributed by atoms with van der Waals surface area (Å²) in [5.74, 6) is 0. The first-order valence-corrected chi connectivity index (χ1v) is 7.82. The van der Waals surface area contributed by atoms with Gasteiger partial charge in [0.2, 0.25) is 0 Å². The Morgan fingerprint density at radius 3 is 2.78 bits per heavy atom. The molecule has 2 N–H and O–H groups in total. The first kappa shape index (κ1) is 17.1. The van der Waals surface area contributed by atoms with Gasteiger partial charge in [0, 0.05) is 6.54 Å². The Morgan fingerprint density at radius 2 is 2.09 bits per heavy atom. The van der Waals surface area contributed by atoms with Gasteiger partial charge in [-0.1, -0.05) is 43.7 Å². The maximum Gasteiger partial charge on any atom is 0.426 e. The van der Waals surface area contributed by atoms with Crippen LogP contribution in [0.15, 0.2) is 30.3 Å². The number of hydrazine groups is 1. The predicted molar refractivity (Wildman–Crippen MR) is 84.4 cm³/mol. The molecule has 0 saturated carbocycles. The van der Waals surface area contributed by atoms with Crippen molar-refractivity contribution in [3.63, 3.8) is 0 Å². The normalized spacial score (nSPS) is 18.0. The van der Waals surface area contributed by atoms with Gasteiger partial charge in [-0.05, 0) is 12.0 Å². The highest BCUT2D eigenvalue weighted by atomic mass is 16.6. The molecule has 3 amide bonds. The lowest BCUT2D eigenvalue weighted by Gasteiger charge is -2.37. The molecule has 0 spiro atoms. The number of unbranched alkanes of at least 4 members (excludes halogenated alkanes) is 1. The molecule has 1 aliphatic rings. The lowest BCUT2D eigenvalue weighted by atomic mass is 10.2. The Labute approximate surface area is 135 Å². The lowest BCUT2D eigenvalue weighted by Crippen LogP contribution is -2.60. The number of benzene rings is 1. The van der Waals surface area contributed by atoms with Crippen molar-refractivity contribution in [2.45, 2.75) is 32.4 Å². The van der Waals surface area contributed by atoms with Crippen molar-refractivity contribution in [2.75, 3.05) is 19.7 Å². The SMILES string of the molecule is CCCCOC(=O)NN1CC(O)CN(Cc2ccccc2)C1=O. The van der Waals surface area contributed by atoms with Crippen molar-refractivity contribution >= 4 is 12.1 Å². The first-order chi connectivity index (χ1) is 11.1. The number of carbonyl (C=O) groups excluding carboxylic acids is 2. The summed E-state index contributed by atoms with van der Waals surface area (Å²) in [5, 5.41) is 11.0. The second-order valence-electron chi connectivity index (χ2n) is 5.51. The molecular formula is C16H23N3O4. The molecule has 1 unspecified atom stereocenters. The van der Waals surface area contributed by atoms with E-state index in [9.17, 15) is 14.7 Å². The van der Waals surface area contributed by atoms with E-state index in [0.29, 0.717) is 13.2 Å². The van der Waals surface area contributed by atoms with E-state index in [4.69, 9.17) is 4.74 Å². The number of rotatable bonds is 6. The summed E-state index contributed by atoms with van der Waals surface area (Å²) in [6.07, 6.45) is 0.275. The summed E-state index contributed by atoms with van der Waals surface area (Å²) in [6.45, 7) is 2.96. The highest BCUT2D eigenvalue weighted by Crippen LogP contribution is 2.12. The number of nitrogens with zero attached hydrogens (tertiary/aromatic N) is 2. The van der Waals surface area contributed by atoms with Crippen molar-refractivity contribution in [3.05, 3.63) is 35.9 Å². The zero-order chi connectivity index (χ0) is 16.7. The fourth-order valence-corrected chi connectivity index (χ4v) is 2.33. The number of ether oxygens (including phenoxy) is 1. The molecule has 126 valence electrons. The Balaban J connectivity index is 1.92. The van der Waals surface area contributed by atoms with E-state index in [0.717, 1.165) is 23.4 Å². The first-order valence-electron chi connectivity index (χ1n) is 7.82. The monoisotopic (exact) mass is 321 g/mol. The number of aliphatic hydroxyl groups is 1. The van der Waals surface area contributed by atoms with Crippen molar-refractivity contribution in [2.24, 2.45) is 0 Å². The molecule has 1 heterocycles. The van der Waals surface area contributed by atoms with Crippen molar-refractivity contribution < 1.29 is 19.4 Å². The highest BCUT2D eigenvalue weighted by molar-refractivity contribution is 5.78. The Hall–Kier alpha value is -2.28. The third-order valence-electron chi connectivity index (χ3n) is 3.50. The van der Waals surface area contributed by atoms with E-state index in [2.05, 4.69) is 5.43 Å². The Kier molecular flexibility index (Phi) is 6.22. The average Bonchev–Trinajstić information content (AvgIpc) is 2.53. The number of nitrogens with one attached hydrogen (secondary N) is 1. The third-order valence-corrected chi connectivity index (χ3v) is 3.50. The minimum Gasteiger partial charge on any atom is -0.448 e. The number of β-amino-alcohol motifs (C(OH)–C–C–N with tert-alkyl or cyclic N) is 1. The molecule has 1 atom stereocenters. The number of hydrogen-bond donors (Lipinski definition) is 2. The van der Waals surface area contributed by atoms with E-state index in [1.807, 2.05) is 37.3 Å². The van der Waals surface area contributed by atoms with Crippen LogP contribution in [0.1, 0.15) is 25.3 Å². The van der Waals surface area contributed by atoms with Gasteiger partial charge in [0.05, 0.1) is 25.8 Å². The van der Waals surface area contributed by atoms with Crippen LogP contribution in [0.3, 0.4) is 0 Å². The van der Waals surface area contributed by atoms with Gasteiger partial charge in [-0.15, -0.1) is 0 Å². The van der Waals surface area contributed by atoms with Gasteiger partial charge >= 0.3 is 12.1 Å². The predicted octanol–water partition coefficient (Wildman–Crippen LogP) is 1.73. The minimum atomic E-state index is -0.729. The molecule has 1 fully saturated rings. The van der Waals surface area contributed by atoms with Gasteiger partial charge in [-0.3, -0.25) is 0 Å². The zero-order valence-corrected chi connectivity index (χ0v) is 13.3. The molecule has 0 radical (unpaired) electrons. The average molecular weight is 321 g/mol. The molecule has 7 nitrogen and oxygen atoms in total. The standard InChI is InChI=1S/C16H23N3O4/c1-2-3-9-23-15(21)17-19-12-14(20)11-18(16(19)22)10-13-7-5-4-6-8-13/h4-8,14,20H,2-3,9-12H2,1H3,(H,17,21). The molecule has 2 rings (SSSR count). The number of urea groups is 1. The lowest BCUT2D eigenvalue weighted by molar-refractivity contribution is 0.0204. The fraction of sp³-hybridized carbons (Fsp3) is 0.500. The summed E-state index contributed by atoms with van der Waals surface area (Å²) in [5.41, 5.74) is 3.35. The number of aliphatic hydroxyl groups excluding tert-OH is 1. The zero-order valence-electron chi connectivity index (χ0n) is 13.3. The smallest absolute Gasteiger partial charge is 0.426 e. The van der Waals surface area contributed by atoms with Crippen LogP contribution in [0, 0.1) is 0 Å². The molecular weight excluding hydrogens is 298 g/mol. The van der Waals surface area contributed by atoms with Gasteiger partial charge < -0.3 is 14.7 Å². The molecule has 0 aliphatic carbocycles. The summed E-state index contributed by atoms with van der Waals surface area (Å²) in [4.78, 5) is 25.6. The minimum absolute atomic E-state index is 0.0486. The van der Waals surface area contributed by atoms with E-state index < -0.39 is 12.2 Å². The van der Waals surface area contributed by atoms with Gasteiger partial charge in [0.15, 0.2) is 0 Å². The van der Waals surface area contributed by atoms with Gasteiger partial charge in [0.25, 0.3) is 0 Å². The maximum absolute atomic E-state index is 12.4. The van der Waals surface area contributed by atoms with Crippen LogP contribution in [0.5, 0.6) is 0 Å². The van der Waals surface area contributed by atoms with E-state index in [1.165, 1.54) is 4.90 Å². The van der Waals surface area contributed by atoms with Crippen LogP contribution in [0.2, 0.25) is 0 Å². The molecule has 7 heteroatoms. The quantitative estimate of drug-likeness (QED) is 0.782. The maximum atomic E-state index is 12.4. The van der Waals surface area contributed by atoms with Crippen LogP contribution in [-0.2, 0) is 11.3 Å². The van der Waals surface area contributed by atoms with E-state index in [-0.39, 0.29) is 19.1 Å². The fourth-order valence-electron chi connectivity index (χ4n) is 2.33. The van der Waals surface area contributed by atoms with Crippen molar-refractivity contribution in [1.29, 1.82) is 0 Å². The molecule has 23 heavy (non-hydrogen) atoms. The summed E-state index contributed by atoms with van der Waals surface area (Å²) in [6, 6.07) is 9.14. The molecule has 0 bridgehead atoms. The van der Waals surface area contributed by atoms with Gasteiger partial charge in [-0.2, -0.15) is 0 Å². The summed E-state index contributed by atoms with van der Waals surface area (Å²) in [7, 11) is 0. The van der Waals surface area contributed by atoms with Crippen LogP contribution >= 0.6 is 0 Å². The highest BCUT2D eigenvalue weighted by Gasteiger charge is 2.32. The number of amides is 3. The number of hydrogen-bond acceptors (Lipinski definition) is 4. The largest absolute Gasteiger partial charge is 0.448 e. The van der Waals surface area contributed by atoms with Crippen LogP contribution < -0.4 is 5.43 Å². The summed E-state index contributed by atoms with van der Waals surface area (Å²) < 4.78 is 4.98. The van der Waals surface area contributed by atoms with Crippen molar-refractivity contribution in [3.8, 4) is 0 Å². The van der Waals surface area contributed by atoms with Crippen LogP contribution in [-0.4, -0.2) is 52.9 Å². The molecule has 1 aromatic rings. The third kappa shape index (κ3) is 5.14. The summed E-state index contributed by atoms with van der Waals surface area (Å²) >= 11 is 0. The molecule has 0 aromatic heterocycles. The van der Waals surface area contributed by atoms with Gasteiger partial charge in [0.1, 0.15) is 0 Å². The molecule has 1 saturated heterocycles. The van der Waals surface area contributed by atoms with E-state index >= 15 is 0 Å². The topological polar surface area (TPSA) is 82.1 Å². The van der Waals surface area contributed by atoms with Gasteiger partial charge in [-0.25, -0.2) is 20.0 Å². The second-order valence-corrected chi connectivity index (χ2v) is 5.51. The van der Waals surface area contributed by atoms with E-state index in [1.54, 1.807) is 0 Å². The van der Waals surface area contributed by atoms with Crippen LogP contribution in [0.25, 0.3) is 0 Å².